The summed E-state index contributed by atoms with van der Waals surface area (Å²) >= 11 is 0. The number of hydrogen-bond donors (Lipinski definition) is 2. The zero-order valence-corrected chi connectivity index (χ0v) is 18.9. The van der Waals surface area contributed by atoms with Crippen molar-refractivity contribution in [3.8, 4) is 0 Å². The second-order valence-corrected chi connectivity index (χ2v) is 9.12. The monoisotopic (exact) mass is 452 g/mol. The minimum absolute atomic E-state index is 0.0153. The highest BCUT2D eigenvalue weighted by atomic mass is 19.1. The van der Waals surface area contributed by atoms with E-state index in [-0.39, 0.29) is 18.2 Å². The Kier molecular flexibility index (Phi) is 6.74. The van der Waals surface area contributed by atoms with Crippen molar-refractivity contribution in [2.45, 2.75) is 39.3 Å². The molecule has 2 aromatic carbocycles. The Morgan fingerprint density at radius 1 is 1.21 bits per heavy atom. The molecule has 1 amide bonds. The molecule has 1 atom stereocenters. The third-order valence-corrected chi connectivity index (χ3v) is 6.15. The zero-order valence-electron chi connectivity index (χ0n) is 18.9. The molecule has 1 aliphatic rings. The van der Waals surface area contributed by atoms with Crippen molar-refractivity contribution in [2.24, 2.45) is 5.92 Å². The summed E-state index contributed by atoms with van der Waals surface area (Å²) in [6.07, 6.45) is 1.94. The van der Waals surface area contributed by atoms with E-state index in [0.29, 0.717) is 22.4 Å². The van der Waals surface area contributed by atoms with E-state index < -0.39 is 23.0 Å². The van der Waals surface area contributed by atoms with Crippen molar-refractivity contribution in [3.05, 3.63) is 80.2 Å². The molecule has 0 aliphatic carbocycles. The summed E-state index contributed by atoms with van der Waals surface area (Å²) in [4.78, 5) is 42.0. The summed E-state index contributed by atoms with van der Waals surface area (Å²) in [7, 11) is 0. The molecule has 1 fully saturated rings. The second kappa shape index (κ2) is 9.70. The van der Waals surface area contributed by atoms with Crippen LogP contribution in [-0.4, -0.2) is 46.0 Å². The quantitative estimate of drug-likeness (QED) is 0.577. The van der Waals surface area contributed by atoms with Gasteiger partial charge >= 0.3 is 5.69 Å². The van der Waals surface area contributed by atoms with Crippen molar-refractivity contribution in [2.75, 3.05) is 19.6 Å². The summed E-state index contributed by atoms with van der Waals surface area (Å²) in [5, 5.41) is 3.35. The van der Waals surface area contributed by atoms with Crippen LogP contribution in [0.5, 0.6) is 0 Å². The lowest BCUT2D eigenvalue weighted by Crippen LogP contribution is -2.37. The topological polar surface area (TPSA) is 87.2 Å². The van der Waals surface area contributed by atoms with Gasteiger partial charge in [0.25, 0.3) is 11.5 Å². The van der Waals surface area contributed by atoms with Gasteiger partial charge in [-0.2, -0.15) is 0 Å². The van der Waals surface area contributed by atoms with Gasteiger partial charge in [-0.3, -0.25) is 19.1 Å². The minimum atomic E-state index is -0.607. The fourth-order valence-corrected chi connectivity index (χ4v) is 4.28. The van der Waals surface area contributed by atoms with Crippen LogP contribution in [0.25, 0.3) is 10.9 Å². The summed E-state index contributed by atoms with van der Waals surface area (Å²) in [5.74, 6) is -0.434. The smallest absolute Gasteiger partial charge is 0.329 e. The van der Waals surface area contributed by atoms with Crippen LogP contribution in [0.1, 0.15) is 42.6 Å². The molecular weight excluding hydrogens is 423 g/mol. The van der Waals surface area contributed by atoms with Gasteiger partial charge in [0.1, 0.15) is 5.82 Å². The summed E-state index contributed by atoms with van der Waals surface area (Å²) in [6.45, 7) is 7.16. The fraction of sp³-hybridized carbons (Fsp3) is 0.400. The van der Waals surface area contributed by atoms with Gasteiger partial charge in [-0.05, 0) is 55.1 Å². The summed E-state index contributed by atoms with van der Waals surface area (Å²) in [6, 6.07) is 11.0. The lowest BCUT2D eigenvalue weighted by atomic mass is 10.1. The van der Waals surface area contributed by atoms with Crippen LogP contribution in [0.4, 0.5) is 4.39 Å². The number of fused-ring (bicyclic) bond motifs is 1. The number of benzene rings is 2. The third-order valence-electron chi connectivity index (χ3n) is 6.15. The number of likely N-dealkylation sites (tertiary alicyclic amines) is 1. The Labute approximate surface area is 191 Å². The number of carbonyl (C=O) groups is 1. The SMILES string of the molecule is CC(C)CCN1CC[C@@H](NC(=O)c2cc(Cn3c(=O)[nH]c(=O)c4ccccc43)ccc2F)C1. The van der Waals surface area contributed by atoms with Crippen LogP contribution in [0.2, 0.25) is 0 Å². The molecule has 4 rings (SSSR count). The second-order valence-electron chi connectivity index (χ2n) is 9.12. The van der Waals surface area contributed by atoms with E-state index in [9.17, 15) is 18.8 Å². The van der Waals surface area contributed by atoms with Crippen LogP contribution < -0.4 is 16.6 Å². The predicted molar refractivity (Wildman–Crippen MR) is 126 cm³/mol. The van der Waals surface area contributed by atoms with Crippen LogP contribution in [0, 0.1) is 11.7 Å². The molecule has 3 aromatic rings. The molecule has 1 saturated heterocycles. The van der Waals surface area contributed by atoms with Gasteiger partial charge in [0.2, 0.25) is 0 Å². The Morgan fingerprint density at radius 2 is 2.00 bits per heavy atom. The first-order chi connectivity index (χ1) is 15.8. The molecule has 174 valence electrons. The van der Waals surface area contributed by atoms with E-state index in [1.54, 1.807) is 30.3 Å². The number of aromatic nitrogens is 2. The van der Waals surface area contributed by atoms with Crippen molar-refractivity contribution < 1.29 is 9.18 Å². The number of para-hydroxylation sites is 1. The van der Waals surface area contributed by atoms with Crippen LogP contribution in [0.3, 0.4) is 0 Å². The molecule has 7 nitrogen and oxygen atoms in total. The van der Waals surface area contributed by atoms with E-state index in [4.69, 9.17) is 0 Å². The maximum Gasteiger partial charge on any atom is 0.329 e. The number of aromatic amines is 1. The lowest BCUT2D eigenvalue weighted by molar-refractivity contribution is 0.0933. The number of carbonyl (C=O) groups excluding carboxylic acids is 1. The normalized spacial score (nSPS) is 16.5. The van der Waals surface area contributed by atoms with Crippen LogP contribution in [-0.2, 0) is 6.54 Å². The first-order valence-electron chi connectivity index (χ1n) is 11.4. The Balaban J connectivity index is 1.51. The van der Waals surface area contributed by atoms with Crippen molar-refractivity contribution >= 4 is 16.8 Å². The van der Waals surface area contributed by atoms with E-state index in [0.717, 1.165) is 32.5 Å². The molecule has 2 heterocycles. The minimum Gasteiger partial charge on any atom is -0.348 e. The highest BCUT2D eigenvalue weighted by Gasteiger charge is 2.25. The molecule has 33 heavy (non-hydrogen) atoms. The average molecular weight is 453 g/mol. The van der Waals surface area contributed by atoms with Crippen LogP contribution >= 0.6 is 0 Å². The number of nitrogens with zero attached hydrogens (tertiary/aromatic N) is 2. The predicted octanol–water partition coefficient (Wildman–Crippen LogP) is 2.73. The fourth-order valence-electron chi connectivity index (χ4n) is 4.28. The number of rotatable bonds is 7. The molecule has 0 bridgehead atoms. The standard InChI is InChI=1S/C25H29FN4O3/c1-16(2)9-11-29-12-10-18(15-29)27-24(32)20-13-17(7-8-21(20)26)14-30-22-6-4-3-5-19(22)23(31)28-25(30)33/h3-8,13,16,18H,9-12,14-15H2,1-2H3,(H,27,32)(H,28,31,33)/t18-/m1/s1. The largest absolute Gasteiger partial charge is 0.348 e. The van der Waals surface area contributed by atoms with Gasteiger partial charge in [0.15, 0.2) is 0 Å². The number of H-pyrrole nitrogens is 1. The van der Waals surface area contributed by atoms with E-state index in [1.165, 1.54) is 16.7 Å². The summed E-state index contributed by atoms with van der Waals surface area (Å²) in [5.41, 5.74) is 0.0151. The van der Waals surface area contributed by atoms with Gasteiger partial charge in [0.05, 0.1) is 23.0 Å². The molecule has 0 radical (unpaired) electrons. The molecule has 1 aliphatic heterocycles. The number of hydrogen-bond acceptors (Lipinski definition) is 4. The van der Waals surface area contributed by atoms with E-state index in [1.807, 2.05) is 0 Å². The first kappa shape index (κ1) is 22.9. The third kappa shape index (κ3) is 5.22. The highest BCUT2D eigenvalue weighted by Crippen LogP contribution is 2.16. The number of amides is 1. The average Bonchev–Trinajstić information content (AvgIpc) is 3.23. The van der Waals surface area contributed by atoms with Gasteiger partial charge in [-0.15, -0.1) is 0 Å². The Hall–Kier alpha value is -3.26. The van der Waals surface area contributed by atoms with Gasteiger partial charge in [0, 0.05) is 19.1 Å². The molecule has 2 N–H and O–H groups in total. The molecule has 0 unspecified atom stereocenters. The van der Waals surface area contributed by atoms with E-state index in [2.05, 4.69) is 29.0 Å². The molecule has 1 aromatic heterocycles. The number of nitrogens with one attached hydrogen (secondary N) is 2. The Morgan fingerprint density at radius 3 is 2.79 bits per heavy atom. The Bertz CT molecular complexity index is 1280. The number of halogens is 1. The van der Waals surface area contributed by atoms with Crippen molar-refractivity contribution in [1.29, 1.82) is 0 Å². The lowest BCUT2D eigenvalue weighted by Gasteiger charge is -2.18. The highest BCUT2D eigenvalue weighted by molar-refractivity contribution is 5.95. The van der Waals surface area contributed by atoms with Crippen LogP contribution in [0.15, 0.2) is 52.1 Å². The summed E-state index contributed by atoms with van der Waals surface area (Å²) < 4.78 is 15.9. The maximum atomic E-state index is 14.5. The van der Waals surface area contributed by atoms with Gasteiger partial charge < -0.3 is 10.2 Å². The molecule has 0 saturated carbocycles. The molecular formula is C25H29FN4O3. The molecule has 8 heteroatoms. The van der Waals surface area contributed by atoms with Crippen molar-refractivity contribution in [3.63, 3.8) is 0 Å². The van der Waals surface area contributed by atoms with E-state index >= 15 is 0 Å². The van der Waals surface area contributed by atoms with Gasteiger partial charge in [-0.25, -0.2) is 9.18 Å². The van der Waals surface area contributed by atoms with Crippen molar-refractivity contribution in [1.82, 2.24) is 19.8 Å². The maximum absolute atomic E-state index is 14.5. The zero-order chi connectivity index (χ0) is 23.5. The molecule has 0 spiro atoms. The first-order valence-corrected chi connectivity index (χ1v) is 11.4. The van der Waals surface area contributed by atoms with Gasteiger partial charge in [-0.1, -0.05) is 32.0 Å².